The van der Waals surface area contributed by atoms with Gasteiger partial charge in [0.05, 0.1) is 0 Å². The predicted molar refractivity (Wildman–Crippen MR) is 77.2 cm³/mol. The van der Waals surface area contributed by atoms with E-state index < -0.39 is 5.54 Å². The molecule has 0 heterocycles. The van der Waals surface area contributed by atoms with E-state index in [4.69, 9.17) is 5.73 Å². The van der Waals surface area contributed by atoms with Crippen molar-refractivity contribution in [3.8, 4) is 0 Å². The number of nitrogens with one attached hydrogen (secondary N) is 2. The summed E-state index contributed by atoms with van der Waals surface area (Å²) in [7, 11) is 0. The molecular formula is C13H20BrN3O. The van der Waals surface area contributed by atoms with Crippen molar-refractivity contribution < 1.29 is 4.79 Å². The van der Waals surface area contributed by atoms with Gasteiger partial charge in [0, 0.05) is 17.6 Å². The van der Waals surface area contributed by atoms with Crippen molar-refractivity contribution >= 4 is 21.8 Å². The van der Waals surface area contributed by atoms with E-state index in [-0.39, 0.29) is 5.91 Å². The minimum Gasteiger partial charge on any atom is -0.353 e. The average Bonchev–Trinajstić information content (AvgIpc) is 2.35. The summed E-state index contributed by atoms with van der Waals surface area (Å²) < 4.78 is 0.967. The molecule has 0 saturated carbocycles. The minimum absolute atomic E-state index is 0.164. The highest BCUT2D eigenvalue weighted by Gasteiger charge is 2.29. The Bertz CT molecular complexity index is 390. The van der Waals surface area contributed by atoms with Crippen molar-refractivity contribution in [1.29, 1.82) is 0 Å². The first kappa shape index (κ1) is 15.1. The lowest BCUT2D eigenvalue weighted by molar-refractivity contribution is -0.126. The number of carbonyl (C=O) groups is 1. The van der Waals surface area contributed by atoms with Gasteiger partial charge in [-0.1, -0.05) is 35.0 Å². The topological polar surface area (TPSA) is 67.1 Å². The fourth-order valence-corrected chi connectivity index (χ4v) is 1.82. The van der Waals surface area contributed by atoms with Crippen molar-refractivity contribution in [2.45, 2.75) is 19.4 Å². The second-order valence-corrected chi connectivity index (χ2v) is 5.23. The smallest absolute Gasteiger partial charge is 0.244 e. The van der Waals surface area contributed by atoms with E-state index in [1.54, 1.807) is 6.92 Å². The van der Waals surface area contributed by atoms with Crippen LogP contribution in [0.2, 0.25) is 0 Å². The zero-order valence-electron chi connectivity index (χ0n) is 10.8. The first-order chi connectivity index (χ1) is 8.48. The molecule has 4 N–H and O–H groups in total. The monoisotopic (exact) mass is 313 g/mol. The molecule has 4 nitrogen and oxygen atoms in total. The van der Waals surface area contributed by atoms with E-state index in [1.165, 1.54) is 0 Å². The van der Waals surface area contributed by atoms with Crippen LogP contribution in [-0.2, 0) is 10.3 Å². The van der Waals surface area contributed by atoms with Crippen LogP contribution in [0, 0.1) is 0 Å². The molecule has 1 aromatic rings. The van der Waals surface area contributed by atoms with E-state index in [0.29, 0.717) is 6.54 Å². The van der Waals surface area contributed by atoms with Crippen molar-refractivity contribution in [2.24, 2.45) is 5.73 Å². The molecule has 1 unspecified atom stereocenters. The number of halogens is 1. The molecule has 0 aliphatic rings. The molecule has 0 aliphatic heterocycles. The summed E-state index contributed by atoms with van der Waals surface area (Å²) in [5.74, 6) is -0.164. The molecule has 5 heteroatoms. The minimum atomic E-state index is -1.01. The highest BCUT2D eigenvalue weighted by molar-refractivity contribution is 9.10. The molecule has 0 aliphatic carbocycles. The van der Waals surface area contributed by atoms with E-state index in [1.807, 2.05) is 31.2 Å². The summed E-state index contributed by atoms with van der Waals surface area (Å²) in [5.41, 5.74) is 5.89. The third kappa shape index (κ3) is 4.08. The number of hydrogen-bond donors (Lipinski definition) is 3. The van der Waals surface area contributed by atoms with Gasteiger partial charge in [0.25, 0.3) is 0 Å². The standard InChI is InChI=1S/C13H20BrN3O/c1-3-16-8-9-17-12(18)13(2,15)10-4-6-11(14)7-5-10/h4-7,16H,3,8-9,15H2,1-2H3,(H,17,18). The molecule has 18 heavy (non-hydrogen) atoms. The summed E-state index contributed by atoms with van der Waals surface area (Å²) in [4.78, 5) is 12.0. The number of likely N-dealkylation sites (N-methyl/N-ethyl adjacent to an activating group) is 1. The number of hydrogen-bond acceptors (Lipinski definition) is 3. The maximum absolute atomic E-state index is 12.0. The van der Waals surface area contributed by atoms with Crippen LogP contribution in [0.15, 0.2) is 28.7 Å². The van der Waals surface area contributed by atoms with Crippen LogP contribution in [0.3, 0.4) is 0 Å². The van der Waals surface area contributed by atoms with Gasteiger partial charge in [-0.05, 0) is 31.2 Å². The normalized spacial score (nSPS) is 14.0. The molecule has 0 spiro atoms. The van der Waals surface area contributed by atoms with Gasteiger partial charge in [0.15, 0.2) is 0 Å². The van der Waals surface area contributed by atoms with E-state index in [2.05, 4.69) is 26.6 Å². The Hall–Kier alpha value is -0.910. The zero-order valence-corrected chi connectivity index (χ0v) is 12.4. The molecule has 100 valence electrons. The third-order valence-corrected chi connectivity index (χ3v) is 3.28. The lowest BCUT2D eigenvalue weighted by atomic mass is 9.92. The van der Waals surface area contributed by atoms with Crippen molar-refractivity contribution in [2.75, 3.05) is 19.6 Å². The molecule has 0 saturated heterocycles. The Morgan fingerprint density at radius 3 is 2.50 bits per heavy atom. The second-order valence-electron chi connectivity index (χ2n) is 4.32. The first-order valence-electron chi connectivity index (χ1n) is 6.02. The summed E-state index contributed by atoms with van der Waals surface area (Å²) in [6, 6.07) is 7.47. The number of benzene rings is 1. The van der Waals surface area contributed by atoms with Crippen molar-refractivity contribution in [3.63, 3.8) is 0 Å². The van der Waals surface area contributed by atoms with E-state index in [9.17, 15) is 4.79 Å². The Kier molecular flexibility index (Phi) is 5.78. The highest BCUT2D eigenvalue weighted by Crippen LogP contribution is 2.20. The van der Waals surface area contributed by atoms with Crippen LogP contribution in [0.4, 0.5) is 0 Å². The number of nitrogens with two attached hydrogens (primary N) is 1. The van der Waals surface area contributed by atoms with E-state index >= 15 is 0 Å². The molecule has 0 radical (unpaired) electrons. The van der Waals surface area contributed by atoms with Gasteiger partial charge in [-0.25, -0.2) is 0 Å². The largest absolute Gasteiger partial charge is 0.353 e. The molecule has 1 atom stereocenters. The van der Waals surface area contributed by atoms with Gasteiger partial charge < -0.3 is 16.4 Å². The first-order valence-corrected chi connectivity index (χ1v) is 6.81. The maximum Gasteiger partial charge on any atom is 0.244 e. The molecule has 1 rings (SSSR count). The molecular weight excluding hydrogens is 294 g/mol. The fourth-order valence-electron chi connectivity index (χ4n) is 1.55. The Labute approximate surface area is 116 Å². The van der Waals surface area contributed by atoms with Crippen LogP contribution in [0.25, 0.3) is 0 Å². The summed E-state index contributed by atoms with van der Waals surface area (Å²) >= 11 is 3.36. The van der Waals surface area contributed by atoms with Gasteiger partial charge >= 0.3 is 0 Å². The summed E-state index contributed by atoms with van der Waals surface area (Å²) in [5, 5.41) is 5.97. The summed E-state index contributed by atoms with van der Waals surface area (Å²) in [6.45, 7) is 5.96. The predicted octanol–water partition coefficient (Wildman–Crippen LogP) is 1.35. The molecule has 0 aromatic heterocycles. The van der Waals surface area contributed by atoms with Gasteiger partial charge in [0.1, 0.15) is 5.54 Å². The Morgan fingerprint density at radius 2 is 1.94 bits per heavy atom. The quantitative estimate of drug-likeness (QED) is 0.694. The van der Waals surface area contributed by atoms with Gasteiger partial charge in [-0.2, -0.15) is 0 Å². The van der Waals surface area contributed by atoms with E-state index in [0.717, 1.165) is 23.1 Å². The van der Waals surface area contributed by atoms with Crippen molar-refractivity contribution in [1.82, 2.24) is 10.6 Å². The lowest BCUT2D eigenvalue weighted by Gasteiger charge is -2.24. The average molecular weight is 314 g/mol. The van der Waals surface area contributed by atoms with Crippen LogP contribution in [-0.4, -0.2) is 25.5 Å². The molecule has 0 fully saturated rings. The Morgan fingerprint density at radius 1 is 1.33 bits per heavy atom. The lowest BCUT2D eigenvalue weighted by Crippen LogP contribution is -2.50. The fraction of sp³-hybridized carbons (Fsp3) is 0.462. The molecule has 1 amide bonds. The van der Waals surface area contributed by atoms with Crippen LogP contribution < -0.4 is 16.4 Å². The molecule has 1 aromatic carbocycles. The Balaban J connectivity index is 2.61. The van der Waals surface area contributed by atoms with Gasteiger partial charge in [-0.3, -0.25) is 4.79 Å². The highest BCUT2D eigenvalue weighted by atomic mass is 79.9. The number of carbonyl (C=O) groups excluding carboxylic acids is 1. The zero-order chi connectivity index (χ0) is 13.6. The van der Waals surface area contributed by atoms with Crippen molar-refractivity contribution in [3.05, 3.63) is 34.3 Å². The second kappa shape index (κ2) is 6.87. The summed E-state index contributed by atoms with van der Waals surface area (Å²) in [6.07, 6.45) is 0. The third-order valence-electron chi connectivity index (χ3n) is 2.75. The molecule has 0 bridgehead atoms. The number of rotatable bonds is 6. The SMILES string of the molecule is CCNCCNC(=O)C(C)(N)c1ccc(Br)cc1. The van der Waals surface area contributed by atoms with Gasteiger partial charge in [0.2, 0.25) is 5.91 Å². The number of amides is 1. The van der Waals surface area contributed by atoms with Crippen LogP contribution in [0.1, 0.15) is 19.4 Å². The van der Waals surface area contributed by atoms with Crippen LogP contribution in [0.5, 0.6) is 0 Å². The maximum atomic E-state index is 12.0. The van der Waals surface area contributed by atoms with Crippen LogP contribution >= 0.6 is 15.9 Å². The van der Waals surface area contributed by atoms with Gasteiger partial charge in [-0.15, -0.1) is 0 Å².